The second-order valence-electron chi connectivity index (χ2n) is 5.00. The van der Waals surface area contributed by atoms with Gasteiger partial charge in [0.2, 0.25) is 5.91 Å². The van der Waals surface area contributed by atoms with Gasteiger partial charge in [-0.05, 0) is 24.8 Å². The van der Waals surface area contributed by atoms with E-state index in [4.69, 9.17) is 0 Å². The molecule has 0 radical (unpaired) electrons. The lowest BCUT2D eigenvalue weighted by Gasteiger charge is -2.29. The maximum absolute atomic E-state index is 11.9. The number of rotatable bonds is 1. The Morgan fingerprint density at radius 2 is 2.00 bits per heavy atom. The third-order valence-electron chi connectivity index (χ3n) is 3.98. The molecule has 0 aromatic heterocycles. The van der Waals surface area contributed by atoms with Crippen molar-refractivity contribution < 1.29 is 4.79 Å². The van der Waals surface area contributed by atoms with E-state index in [1.807, 2.05) is 11.0 Å². The molecule has 0 bridgehead atoms. The van der Waals surface area contributed by atoms with Crippen LogP contribution >= 0.6 is 0 Å². The molecule has 1 amide bonds. The third kappa shape index (κ3) is 1.68. The molecule has 0 N–H and O–H groups in total. The van der Waals surface area contributed by atoms with Crippen LogP contribution in [0.4, 0.5) is 0 Å². The SMILES string of the molecule is C=C1[C@H](c2ccccc2)C[C@H]2CCCC(=O)N12. The van der Waals surface area contributed by atoms with Crippen molar-refractivity contribution in [3.8, 4) is 0 Å². The van der Waals surface area contributed by atoms with E-state index in [1.54, 1.807) is 0 Å². The average molecular weight is 227 g/mol. The van der Waals surface area contributed by atoms with Crippen LogP contribution in [-0.4, -0.2) is 16.8 Å². The van der Waals surface area contributed by atoms with Gasteiger partial charge in [0.25, 0.3) is 0 Å². The summed E-state index contributed by atoms with van der Waals surface area (Å²) in [7, 11) is 0. The Bertz CT molecular complexity index is 451. The van der Waals surface area contributed by atoms with Crippen molar-refractivity contribution in [1.82, 2.24) is 4.90 Å². The fourth-order valence-electron chi connectivity index (χ4n) is 3.15. The van der Waals surface area contributed by atoms with E-state index in [-0.39, 0.29) is 5.91 Å². The molecule has 3 rings (SSSR count). The quantitative estimate of drug-likeness (QED) is 0.722. The molecule has 2 fully saturated rings. The Labute approximate surface area is 102 Å². The van der Waals surface area contributed by atoms with Gasteiger partial charge >= 0.3 is 0 Å². The van der Waals surface area contributed by atoms with Gasteiger partial charge in [-0.3, -0.25) is 4.79 Å². The second-order valence-corrected chi connectivity index (χ2v) is 5.00. The number of piperidine rings is 1. The van der Waals surface area contributed by atoms with Crippen LogP contribution in [0.5, 0.6) is 0 Å². The van der Waals surface area contributed by atoms with Gasteiger partial charge in [0.15, 0.2) is 0 Å². The molecule has 2 atom stereocenters. The van der Waals surface area contributed by atoms with E-state index in [2.05, 4.69) is 30.8 Å². The van der Waals surface area contributed by atoms with Crippen molar-refractivity contribution in [2.24, 2.45) is 0 Å². The van der Waals surface area contributed by atoms with Gasteiger partial charge in [0.05, 0.1) is 0 Å². The molecule has 0 saturated carbocycles. The Balaban J connectivity index is 1.90. The van der Waals surface area contributed by atoms with Crippen molar-refractivity contribution in [3.63, 3.8) is 0 Å². The van der Waals surface area contributed by atoms with Crippen molar-refractivity contribution in [2.45, 2.75) is 37.6 Å². The normalized spacial score (nSPS) is 28.4. The molecule has 2 heteroatoms. The molecule has 88 valence electrons. The second kappa shape index (κ2) is 4.02. The highest BCUT2D eigenvalue weighted by Gasteiger charge is 2.40. The molecule has 1 aromatic carbocycles. The molecule has 0 aliphatic carbocycles. The minimum Gasteiger partial charge on any atom is -0.313 e. The molecule has 2 heterocycles. The Hall–Kier alpha value is -1.57. The van der Waals surface area contributed by atoms with Gasteiger partial charge in [0.1, 0.15) is 0 Å². The molecule has 17 heavy (non-hydrogen) atoms. The zero-order chi connectivity index (χ0) is 11.8. The lowest BCUT2D eigenvalue weighted by molar-refractivity contribution is -0.132. The zero-order valence-electron chi connectivity index (χ0n) is 9.93. The van der Waals surface area contributed by atoms with Crippen LogP contribution in [0.15, 0.2) is 42.6 Å². The minimum absolute atomic E-state index is 0.268. The number of hydrogen-bond acceptors (Lipinski definition) is 1. The number of allylic oxidation sites excluding steroid dienone is 1. The zero-order valence-corrected chi connectivity index (χ0v) is 9.93. The van der Waals surface area contributed by atoms with E-state index >= 15 is 0 Å². The number of carbonyl (C=O) groups is 1. The summed E-state index contributed by atoms with van der Waals surface area (Å²) < 4.78 is 0. The molecule has 0 spiro atoms. The van der Waals surface area contributed by atoms with E-state index in [9.17, 15) is 4.79 Å². The number of fused-ring (bicyclic) bond motifs is 1. The first-order chi connectivity index (χ1) is 8.27. The summed E-state index contributed by atoms with van der Waals surface area (Å²) in [6.45, 7) is 4.15. The summed E-state index contributed by atoms with van der Waals surface area (Å²) in [4.78, 5) is 13.9. The van der Waals surface area contributed by atoms with Crippen molar-refractivity contribution in [1.29, 1.82) is 0 Å². The topological polar surface area (TPSA) is 20.3 Å². The molecular weight excluding hydrogens is 210 g/mol. The molecular formula is C15H17NO. The van der Waals surface area contributed by atoms with Gasteiger partial charge in [-0.1, -0.05) is 36.9 Å². The highest BCUT2D eigenvalue weighted by atomic mass is 16.2. The summed E-state index contributed by atoms with van der Waals surface area (Å²) in [6.07, 6.45) is 3.91. The summed E-state index contributed by atoms with van der Waals surface area (Å²) in [6, 6.07) is 10.8. The molecule has 2 saturated heterocycles. The Kier molecular flexibility index (Phi) is 2.50. The van der Waals surface area contributed by atoms with Crippen LogP contribution in [0, 0.1) is 0 Å². The van der Waals surface area contributed by atoms with Crippen LogP contribution in [0.2, 0.25) is 0 Å². The number of hydrogen-bond donors (Lipinski definition) is 0. The largest absolute Gasteiger partial charge is 0.313 e. The first kappa shape index (κ1) is 10.6. The van der Waals surface area contributed by atoms with Crippen molar-refractivity contribution in [3.05, 3.63) is 48.2 Å². The minimum atomic E-state index is 0.268. The smallest absolute Gasteiger partial charge is 0.226 e. The van der Waals surface area contributed by atoms with Crippen molar-refractivity contribution >= 4 is 5.91 Å². The summed E-state index contributed by atoms with van der Waals surface area (Å²) in [5, 5.41) is 0. The predicted molar refractivity (Wildman–Crippen MR) is 67.4 cm³/mol. The summed E-state index contributed by atoms with van der Waals surface area (Å²) in [5.41, 5.74) is 2.30. The summed E-state index contributed by atoms with van der Waals surface area (Å²) in [5.74, 6) is 0.605. The molecule has 2 aliphatic rings. The number of nitrogens with zero attached hydrogens (tertiary/aromatic N) is 1. The average Bonchev–Trinajstić information content (AvgIpc) is 2.69. The predicted octanol–water partition coefficient (Wildman–Crippen LogP) is 3.07. The standard InChI is InChI=1S/C15H17NO/c1-11-14(12-6-3-2-4-7-12)10-13-8-5-9-15(17)16(11)13/h2-4,6-7,13-14H,1,5,8-10H2/t13-,14-/m1/s1. The number of carbonyl (C=O) groups excluding carboxylic acids is 1. The maximum atomic E-state index is 11.9. The molecule has 2 aliphatic heterocycles. The fourth-order valence-corrected chi connectivity index (χ4v) is 3.15. The van der Waals surface area contributed by atoms with Crippen LogP contribution in [0.3, 0.4) is 0 Å². The van der Waals surface area contributed by atoms with Crippen LogP contribution in [-0.2, 0) is 4.79 Å². The van der Waals surface area contributed by atoms with Crippen molar-refractivity contribution in [2.75, 3.05) is 0 Å². The lowest BCUT2D eigenvalue weighted by Crippen LogP contribution is -2.37. The highest BCUT2D eigenvalue weighted by molar-refractivity contribution is 5.80. The van der Waals surface area contributed by atoms with Gasteiger partial charge in [-0.15, -0.1) is 0 Å². The Morgan fingerprint density at radius 1 is 1.24 bits per heavy atom. The molecule has 1 aromatic rings. The summed E-state index contributed by atoms with van der Waals surface area (Å²) >= 11 is 0. The first-order valence-corrected chi connectivity index (χ1v) is 6.33. The fraction of sp³-hybridized carbons (Fsp3) is 0.400. The van der Waals surface area contributed by atoms with E-state index in [1.165, 1.54) is 5.56 Å². The van der Waals surface area contributed by atoms with E-state index in [0.29, 0.717) is 18.4 Å². The Morgan fingerprint density at radius 3 is 2.71 bits per heavy atom. The van der Waals surface area contributed by atoms with E-state index in [0.717, 1.165) is 25.0 Å². The van der Waals surface area contributed by atoms with Gasteiger partial charge in [0, 0.05) is 24.1 Å². The van der Waals surface area contributed by atoms with Gasteiger partial charge in [-0.2, -0.15) is 0 Å². The van der Waals surface area contributed by atoms with Gasteiger partial charge < -0.3 is 4.90 Å². The third-order valence-corrected chi connectivity index (χ3v) is 3.98. The van der Waals surface area contributed by atoms with E-state index < -0.39 is 0 Å². The van der Waals surface area contributed by atoms with Crippen LogP contribution in [0.1, 0.15) is 37.2 Å². The van der Waals surface area contributed by atoms with Gasteiger partial charge in [-0.25, -0.2) is 0 Å². The first-order valence-electron chi connectivity index (χ1n) is 6.33. The lowest BCUT2D eigenvalue weighted by atomic mass is 9.93. The number of amides is 1. The molecule has 2 nitrogen and oxygen atoms in total. The van der Waals surface area contributed by atoms with Crippen LogP contribution < -0.4 is 0 Å². The maximum Gasteiger partial charge on any atom is 0.226 e. The van der Waals surface area contributed by atoms with Crippen LogP contribution in [0.25, 0.3) is 0 Å². The highest BCUT2D eigenvalue weighted by Crippen LogP contribution is 2.43. The number of benzene rings is 1. The monoisotopic (exact) mass is 227 g/mol. The molecule has 0 unspecified atom stereocenters.